The van der Waals surface area contributed by atoms with Crippen LogP contribution in [0.5, 0.6) is 5.75 Å². The second kappa shape index (κ2) is 8.59. The molecular formula is C23H26N4O3. The van der Waals surface area contributed by atoms with Gasteiger partial charge in [-0.15, -0.1) is 0 Å². The van der Waals surface area contributed by atoms with Gasteiger partial charge < -0.3 is 20.0 Å². The molecule has 2 atom stereocenters. The van der Waals surface area contributed by atoms with E-state index in [1.165, 1.54) is 4.90 Å². The van der Waals surface area contributed by atoms with Crippen LogP contribution in [0.2, 0.25) is 0 Å². The van der Waals surface area contributed by atoms with Crippen molar-refractivity contribution in [2.24, 2.45) is 0 Å². The Labute approximate surface area is 176 Å². The largest absolute Gasteiger partial charge is 0.497 e. The summed E-state index contributed by atoms with van der Waals surface area (Å²) in [6.45, 7) is 2.06. The second-order valence-electron chi connectivity index (χ2n) is 7.48. The smallest absolute Gasteiger partial charge is 0.251 e. The number of benzene rings is 2. The third-order valence-corrected chi connectivity index (χ3v) is 5.53. The molecule has 2 heterocycles. The van der Waals surface area contributed by atoms with E-state index >= 15 is 0 Å². The molecule has 2 unspecified atom stereocenters. The van der Waals surface area contributed by atoms with Gasteiger partial charge in [-0.05, 0) is 48.2 Å². The fourth-order valence-corrected chi connectivity index (χ4v) is 3.85. The number of methoxy groups -OCH3 is 1. The predicted octanol–water partition coefficient (Wildman–Crippen LogP) is 2.83. The van der Waals surface area contributed by atoms with Crippen molar-refractivity contribution in [3.8, 4) is 5.75 Å². The number of nitrogens with zero attached hydrogens (tertiary/aromatic N) is 2. The quantitative estimate of drug-likeness (QED) is 0.772. The second-order valence-corrected chi connectivity index (χ2v) is 7.48. The first-order valence-corrected chi connectivity index (χ1v) is 10.1. The molecule has 30 heavy (non-hydrogen) atoms. The highest BCUT2D eigenvalue weighted by Crippen LogP contribution is 2.31. The van der Waals surface area contributed by atoms with Crippen molar-refractivity contribution in [1.29, 1.82) is 0 Å². The lowest BCUT2D eigenvalue weighted by molar-refractivity contribution is -0.137. The van der Waals surface area contributed by atoms with Crippen LogP contribution < -0.4 is 15.5 Å². The molecule has 2 aliphatic rings. The van der Waals surface area contributed by atoms with Gasteiger partial charge in [-0.2, -0.15) is 0 Å². The standard InChI is InChI=1S/C23H26N4O3/c1-3-16-5-4-6-18(13-16)24-22(28)15-26-11-12-27-21(23(26)29)14-20(25-27)17-7-9-19(30-2)10-8-17/h4-13,20-21,25H,3,14-15H2,1-2H3,(H,24,28). The van der Waals surface area contributed by atoms with Crippen LogP contribution in [-0.4, -0.2) is 41.4 Å². The first kappa shape index (κ1) is 20.0. The number of hydrogen-bond donors (Lipinski definition) is 2. The van der Waals surface area contributed by atoms with Gasteiger partial charge >= 0.3 is 0 Å². The molecular weight excluding hydrogens is 380 g/mol. The molecule has 0 aliphatic carbocycles. The lowest BCUT2D eigenvalue weighted by Crippen LogP contribution is -2.49. The molecule has 156 valence electrons. The Kier molecular flexibility index (Phi) is 5.72. The van der Waals surface area contributed by atoms with Crippen LogP contribution in [0, 0.1) is 0 Å². The van der Waals surface area contributed by atoms with Crippen molar-refractivity contribution >= 4 is 17.5 Å². The maximum absolute atomic E-state index is 13.0. The van der Waals surface area contributed by atoms with Crippen LogP contribution in [-0.2, 0) is 16.0 Å². The van der Waals surface area contributed by atoms with Crippen LogP contribution in [0.4, 0.5) is 5.69 Å². The summed E-state index contributed by atoms with van der Waals surface area (Å²) < 4.78 is 5.21. The summed E-state index contributed by atoms with van der Waals surface area (Å²) in [4.78, 5) is 26.9. The molecule has 1 fully saturated rings. The van der Waals surface area contributed by atoms with Crippen molar-refractivity contribution in [2.75, 3.05) is 19.0 Å². The molecule has 7 nitrogen and oxygen atoms in total. The lowest BCUT2D eigenvalue weighted by Gasteiger charge is -2.31. The summed E-state index contributed by atoms with van der Waals surface area (Å²) in [5.74, 6) is 0.498. The van der Waals surface area contributed by atoms with E-state index in [-0.39, 0.29) is 30.4 Å². The number of fused-ring (bicyclic) bond motifs is 1. The summed E-state index contributed by atoms with van der Waals surface area (Å²) in [6, 6.07) is 15.3. The van der Waals surface area contributed by atoms with Crippen molar-refractivity contribution in [2.45, 2.75) is 31.8 Å². The van der Waals surface area contributed by atoms with Gasteiger partial charge in [0.25, 0.3) is 5.91 Å². The van der Waals surface area contributed by atoms with E-state index in [1.807, 2.05) is 59.7 Å². The average Bonchev–Trinajstić information content (AvgIpc) is 3.21. The zero-order valence-electron chi connectivity index (χ0n) is 17.2. The van der Waals surface area contributed by atoms with Gasteiger partial charge in [-0.3, -0.25) is 9.59 Å². The van der Waals surface area contributed by atoms with Gasteiger partial charge in [0.05, 0.1) is 13.2 Å². The van der Waals surface area contributed by atoms with E-state index in [4.69, 9.17) is 4.74 Å². The Morgan fingerprint density at radius 3 is 2.73 bits per heavy atom. The van der Waals surface area contributed by atoms with Gasteiger partial charge in [0.1, 0.15) is 18.3 Å². The van der Waals surface area contributed by atoms with Crippen molar-refractivity contribution < 1.29 is 14.3 Å². The molecule has 2 N–H and O–H groups in total. The predicted molar refractivity (Wildman–Crippen MR) is 114 cm³/mol. The summed E-state index contributed by atoms with van der Waals surface area (Å²) in [5.41, 5.74) is 6.35. The van der Waals surface area contributed by atoms with Crippen LogP contribution in [0.15, 0.2) is 60.9 Å². The lowest BCUT2D eigenvalue weighted by atomic mass is 10.0. The number of carbonyl (C=O) groups is 2. The summed E-state index contributed by atoms with van der Waals surface area (Å²) in [7, 11) is 1.64. The highest BCUT2D eigenvalue weighted by Gasteiger charge is 2.40. The van der Waals surface area contributed by atoms with E-state index in [1.54, 1.807) is 13.3 Å². The van der Waals surface area contributed by atoms with E-state index in [0.717, 1.165) is 29.0 Å². The zero-order chi connectivity index (χ0) is 21.1. The Bertz CT molecular complexity index is 957. The maximum Gasteiger partial charge on any atom is 0.251 e. The van der Waals surface area contributed by atoms with Gasteiger partial charge in [0.15, 0.2) is 0 Å². The Balaban J connectivity index is 1.38. The molecule has 7 heteroatoms. The number of amides is 2. The normalized spacial score (nSPS) is 20.3. The molecule has 2 aliphatic heterocycles. The van der Waals surface area contributed by atoms with Crippen LogP contribution in [0.1, 0.15) is 30.5 Å². The fourth-order valence-electron chi connectivity index (χ4n) is 3.85. The first-order chi connectivity index (χ1) is 14.6. The van der Waals surface area contributed by atoms with Gasteiger partial charge in [-0.25, -0.2) is 5.43 Å². The molecule has 0 spiro atoms. The molecule has 0 aromatic heterocycles. The minimum absolute atomic E-state index is 0.0107. The van der Waals surface area contributed by atoms with Crippen LogP contribution in [0.3, 0.4) is 0 Å². The summed E-state index contributed by atoms with van der Waals surface area (Å²) in [6.07, 6.45) is 5.01. The molecule has 1 saturated heterocycles. The number of anilines is 1. The first-order valence-electron chi connectivity index (χ1n) is 10.1. The maximum atomic E-state index is 13.0. The minimum Gasteiger partial charge on any atom is -0.497 e. The number of rotatable bonds is 6. The minimum atomic E-state index is -0.335. The number of carbonyl (C=O) groups excluding carboxylic acids is 2. The highest BCUT2D eigenvalue weighted by molar-refractivity contribution is 5.96. The zero-order valence-corrected chi connectivity index (χ0v) is 17.2. The highest BCUT2D eigenvalue weighted by atomic mass is 16.5. The van der Waals surface area contributed by atoms with Crippen LogP contribution >= 0.6 is 0 Å². The van der Waals surface area contributed by atoms with E-state index in [9.17, 15) is 9.59 Å². The van der Waals surface area contributed by atoms with Crippen LogP contribution in [0.25, 0.3) is 0 Å². The fraction of sp³-hybridized carbons (Fsp3) is 0.304. The van der Waals surface area contributed by atoms with E-state index < -0.39 is 0 Å². The van der Waals surface area contributed by atoms with Crippen molar-refractivity contribution in [1.82, 2.24) is 15.3 Å². The number of aryl methyl sites for hydroxylation is 1. The summed E-state index contributed by atoms with van der Waals surface area (Å²) >= 11 is 0. The van der Waals surface area contributed by atoms with E-state index in [0.29, 0.717) is 6.42 Å². The molecule has 0 bridgehead atoms. The molecule has 2 aromatic rings. The summed E-state index contributed by atoms with van der Waals surface area (Å²) in [5, 5.41) is 4.71. The Morgan fingerprint density at radius 2 is 2.00 bits per heavy atom. The number of ether oxygens (including phenoxy) is 1. The van der Waals surface area contributed by atoms with Gasteiger partial charge in [0.2, 0.25) is 5.91 Å². The van der Waals surface area contributed by atoms with Gasteiger partial charge in [-0.1, -0.05) is 31.2 Å². The molecule has 0 saturated carbocycles. The molecule has 4 rings (SSSR count). The average molecular weight is 406 g/mol. The Hall–Kier alpha value is -3.32. The molecule has 2 aromatic carbocycles. The van der Waals surface area contributed by atoms with Crippen molar-refractivity contribution in [3.63, 3.8) is 0 Å². The van der Waals surface area contributed by atoms with Crippen molar-refractivity contribution in [3.05, 3.63) is 72.1 Å². The number of hydrazine groups is 1. The topological polar surface area (TPSA) is 73.9 Å². The molecule has 2 amide bonds. The third kappa shape index (κ3) is 4.16. The van der Waals surface area contributed by atoms with E-state index in [2.05, 4.69) is 17.7 Å². The third-order valence-electron chi connectivity index (χ3n) is 5.53. The Morgan fingerprint density at radius 1 is 1.20 bits per heavy atom. The number of hydrogen-bond acceptors (Lipinski definition) is 5. The SMILES string of the molecule is CCc1cccc(NC(=O)CN2C=CN3NC(c4ccc(OC)cc4)CC3C2=O)c1. The van der Waals surface area contributed by atoms with Gasteiger partial charge in [0, 0.05) is 18.1 Å². The monoisotopic (exact) mass is 406 g/mol. The number of nitrogens with one attached hydrogen (secondary N) is 2. The molecule has 0 radical (unpaired) electrons.